The van der Waals surface area contributed by atoms with Crippen molar-refractivity contribution >= 4 is 0 Å². The Morgan fingerprint density at radius 1 is 1.08 bits per heavy atom. The van der Waals surface area contributed by atoms with E-state index in [4.69, 9.17) is 10.5 Å². The molecule has 12 heavy (non-hydrogen) atoms. The van der Waals surface area contributed by atoms with Gasteiger partial charge in [0.2, 0.25) is 0 Å². The lowest BCUT2D eigenvalue weighted by atomic mass is 9.77. The first-order valence-electron chi connectivity index (χ1n) is 5.25. The van der Waals surface area contributed by atoms with Gasteiger partial charge in [-0.25, -0.2) is 0 Å². The molecule has 2 fully saturated rings. The summed E-state index contributed by atoms with van der Waals surface area (Å²) in [5, 5.41) is 0. The Morgan fingerprint density at radius 3 is 2.42 bits per heavy atom. The molecule has 2 N–H and O–H groups in total. The normalized spacial score (nSPS) is 34.2. The van der Waals surface area contributed by atoms with Gasteiger partial charge in [-0.1, -0.05) is 6.42 Å². The molecule has 1 aliphatic heterocycles. The Kier molecular flexibility index (Phi) is 2.66. The van der Waals surface area contributed by atoms with Gasteiger partial charge in [0.1, 0.15) is 0 Å². The van der Waals surface area contributed by atoms with Gasteiger partial charge in [-0.15, -0.1) is 0 Å². The highest BCUT2D eigenvalue weighted by Gasteiger charge is 2.31. The standard InChI is InChI=1S/C10H19NO/c11-10(8-4-3-5-8)9-6-1-2-7-12-9/h8-10H,1-7,11H2. The molecule has 1 heterocycles. The van der Waals surface area contributed by atoms with Crippen LogP contribution in [0, 0.1) is 5.92 Å². The molecule has 2 unspecified atom stereocenters. The van der Waals surface area contributed by atoms with E-state index in [1.807, 2.05) is 0 Å². The largest absolute Gasteiger partial charge is 0.377 e. The zero-order valence-electron chi connectivity index (χ0n) is 7.67. The van der Waals surface area contributed by atoms with Gasteiger partial charge in [0.05, 0.1) is 6.10 Å². The van der Waals surface area contributed by atoms with E-state index in [1.54, 1.807) is 0 Å². The Morgan fingerprint density at radius 2 is 1.92 bits per heavy atom. The van der Waals surface area contributed by atoms with E-state index in [1.165, 1.54) is 38.5 Å². The van der Waals surface area contributed by atoms with Crippen LogP contribution in [0.25, 0.3) is 0 Å². The predicted octanol–water partition coefficient (Wildman–Crippen LogP) is 1.68. The average Bonchev–Trinajstić information content (AvgIpc) is 2.03. The van der Waals surface area contributed by atoms with E-state index >= 15 is 0 Å². The molecule has 0 amide bonds. The Hall–Kier alpha value is -0.0800. The lowest BCUT2D eigenvalue weighted by Crippen LogP contribution is -2.46. The van der Waals surface area contributed by atoms with Crippen molar-refractivity contribution in [3.63, 3.8) is 0 Å². The van der Waals surface area contributed by atoms with Crippen molar-refractivity contribution in [3.05, 3.63) is 0 Å². The summed E-state index contributed by atoms with van der Waals surface area (Å²) >= 11 is 0. The van der Waals surface area contributed by atoms with Crippen molar-refractivity contribution in [1.82, 2.24) is 0 Å². The molecule has 0 bridgehead atoms. The third-order valence-electron chi connectivity index (χ3n) is 3.34. The molecule has 70 valence electrons. The second-order valence-electron chi connectivity index (χ2n) is 4.17. The summed E-state index contributed by atoms with van der Waals surface area (Å²) in [6, 6.07) is 0.332. The number of ether oxygens (including phenoxy) is 1. The first kappa shape index (κ1) is 8.52. The molecule has 0 aromatic rings. The topological polar surface area (TPSA) is 35.2 Å². The smallest absolute Gasteiger partial charge is 0.0728 e. The fraction of sp³-hybridized carbons (Fsp3) is 1.00. The summed E-state index contributed by atoms with van der Waals surface area (Å²) in [6.45, 7) is 0.936. The van der Waals surface area contributed by atoms with Gasteiger partial charge in [0.25, 0.3) is 0 Å². The molecule has 2 heteroatoms. The summed E-state index contributed by atoms with van der Waals surface area (Å²) in [7, 11) is 0. The van der Waals surface area contributed by atoms with Gasteiger partial charge in [-0.2, -0.15) is 0 Å². The van der Waals surface area contributed by atoms with Crippen LogP contribution < -0.4 is 5.73 Å². The maximum absolute atomic E-state index is 6.13. The van der Waals surface area contributed by atoms with Crippen molar-refractivity contribution in [2.75, 3.05) is 6.61 Å². The molecular formula is C10H19NO. The monoisotopic (exact) mass is 169 g/mol. The fourth-order valence-electron chi connectivity index (χ4n) is 2.20. The zero-order valence-corrected chi connectivity index (χ0v) is 7.67. The third kappa shape index (κ3) is 1.64. The average molecular weight is 169 g/mol. The summed E-state index contributed by atoms with van der Waals surface area (Å²) in [5.41, 5.74) is 6.13. The number of hydrogen-bond donors (Lipinski definition) is 1. The van der Waals surface area contributed by atoms with Crippen molar-refractivity contribution in [3.8, 4) is 0 Å². The quantitative estimate of drug-likeness (QED) is 0.682. The minimum absolute atomic E-state index is 0.332. The lowest BCUT2D eigenvalue weighted by Gasteiger charge is -2.37. The second kappa shape index (κ2) is 3.75. The van der Waals surface area contributed by atoms with Crippen molar-refractivity contribution in [1.29, 1.82) is 0 Å². The molecule has 0 radical (unpaired) electrons. The molecule has 2 aliphatic rings. The van der Waals surface area contributed by atoms with E-state index < -0.39 is 0 Å². The molecule has 2 rings (SSSR count). The van der Waals surface area contributed by atoms with Gasteiger partial charge >= 0.3 is 0 Å². The molecule has 0 aromatic heterocycles. The Balaban J connectivity index is 1.80. The van der Waals surface area contributed by atoms with Crippen LogP contribution in [0.1, 0.15) is 38.5 Å². The molecule has 0 spiro atoms. The summed E-state index contributed by atoms with van der Waals surface area (Å²) in [6.07, 6.45) is 8.16. The summed E-state index contributed by atoms with van der Waals surface area (Å²) in [4.78, 5) is 0. The van der Waals surface area contributed by atoms with Crippen LogP contribution in [0.3, 0.4) is 0 Å². The minimum Gasteiger partial charge on any atom is -0.377 e. The Bertz CT molecular complexity index is 139. The van der Waals surface area contributed by atoms with E-state index in [9.17, 15) is 0 Å². The molecule has 2 nitrogen and oxygen atoms in total. The minimum atomic E-state index is 0.332. The highest BCUT2D eigenvalue weighted by atomic mass is 16.5. The lowest BCUT2D eigenvalue weighted by molar-refractivity contribution is -0.0203. The van der Waals surface area contributed by atoms with Gasteiger partial charge in [-0.3, -0.25) is 0 Å². The highest BCUT2D eigenvalue weighted by Crippen LogP contribution is 2.32. The Labute approximate surface area is 74.5 Å². The predicted molar refractivity (Wildman–Crippen MR) is 48.9 cm³/mol. The van der Waals surface area contributed by atoms with Crippen LogP contribution in [0.15, 0.2) is 0 Å². The molecule has 1 saturated heterocycles. The summed E-state index contributed by atoms with van der Waals surface area (Å²) in [5.74, 6) is 0.771. The van der Waals surface area contributed by atoms with Gasteiger partial charge in [0.15, 0.2) is 0 Å². The van der Waals surface area contributed by atoms with Crippen LogP contribution in [0.2, 0.25) is 0 Å². The highest BCUT2D eigenvalue weighted by molar-refractivity contribution is 4.86. The first-order valence-corrected chi connectivity index (χ1v) is 5.25. The fourth-order valence-corrected chi connectivity index (χ4v) is 2.20. The van der Waals surface area contributed by atoms with Crippen LogP contribution in [0.5, 0.6) is 0 Å². The summed E-state index contributed by atoms with van der Waals surface area (Å²) < 4.78 is 5.67. The SMILES string of the molecule is NC(C1CCC1)C1CCCCO1. The van der Waals surface area contributed by atoms with E-state index in [0.29, 0.717) is 12.1 Å². The van der Waals surface area contributed by atoms with E-state index in [-0.39, 0.29) is 0 Å². The van der Waals surface area contributed by atoms with Crippen LogP contribution in [-0.4, -0.2) is 18.8 Å². The van der Waals surface area contributed by atoms with E-state index in [2.05, 4.69) is 0 Å². The number of hydrogen-bond acceptors (Lipinski definition) is 2. The molecular weight excluding hydrogens is 150 g/mol. The van der Waals surface area contributed by atoms with Gasteiger partial charge in [-0.05, 0) is 38.0 Å². The van der Waals surface area contributed by atoms with Crippen molar-refractivity contribution < 1.29 is 4.74 Å². The second-order valence-corrected chi connectivity index (χ2v) is 4.17. The molecule has 2 atom stereocenters. The first-order chi connectivity index (χ1) is 5.88. The number of rotatable bonds is 2. The van der Waals surface area contributed by atoms with Crippen LogP contribution in [0.4, 0.5) is 0 Å². The van der Waals surface area contributed by atoms with Crippen LogP contribution >= 0.6 is 0 Å². The molecule has 1 aliphatic carbocycles. The zero-order chi connectivity index (χ0) is 8.39. The van der Waals surface area contributed by atoms with E-state index in [0.717, 1.165) is 12.5 Å². The van der Waals surface area contributed by atoms with Gasteiger partial charge in [0, 0.05) is 12.6 Å². The maximum Gasteiger partial charge on any atom is 0.0728 e. The third-order valence-corrected chi connectivity index (χ3v) is 3.34. The molecule has 1 saturated carbocycles. The molecule has 0 aromatic carbocycles. The van der Waals surface area contributed by atoms with Crippen LogP contribution in [-0.2, 0) is 4.74 Å². The number of nitrogens with two attached hydrogens (primary N) is 1. The van der Waals surface area contributed by atoms with Crippen molar-refractivity contribution in [2.24, 2.45) is 11.7 Å². The van der Waals surface area contributed by atoms with Crippen molar-refractivity contribution in [2.45, 2.75) is 50.7 Å². The maximum atomic E-state index is 6.13. The van der Waals surface area contributed by atoms with Gasteiger partial charge < -0.3 is 10.5 Å².